The second-order valence-electron chi connectivity index (χ2n) is 5.77. The Kier molecular flexibility index (Phi) is 10.8. The number of aryl methyl sites for hydroxylation is 1. The Morgan fingerprint density at radius 1 is 1.21 bits per heavy atom. The standard InChI is InChI=1S/C17H28N4O2.HI/c18-17(20-9-2-10-21-11-13-23-14-12-21)19-8-1-3-15-4-6-16(22)7-5-15;/h4-7,22H,1-3,8-14H2,(H3,18,19,20);1H. The Morgan fingerprint density at radius 3 is 2.62 bits per heavy atom. The van der Waals surface area contributed by atoms with Gasteiger partial charge in [0.1, 0.15) is 5.75 Å². The van der Waals surface area contributed by atoms with Crippen LogP contribution in [0.4, 0.5) is 0 Å². The predicted octanol–water partition coefficient (Wildman–Crippen LogP) is 1.57. The summed E-state index contributed by atoms with van der Waals surface area (Å²) in [7, 11) is 0. The van der Waals surface area contributed by atoms with Crippen LogP contribution >= 0.6 is 24.0 Å². The number of hydrogen-bond acceptors (Lipinski definition) is 4. The zero-order chi connectivity index (χ0) is 16.3. The molecule has 4 N–H and O–H groups in total. The molecule has 0 amide bonds. The number of guanidine groups is 1. The van der Waals surface area contributed by atoms with Crippen molar-refractivity contribution in [2.45, 2.75) is 19.3 Å². The quantitative estimate of drug-likeness (QED) is 0.244. The Labute approximate surface area is 161 Å². The minimum Gasteiger partial charge on any atom is -0.508 e. The molecule has 0 radical (unpaired) electrons. The van der Waals surface area contributed by atoms with Crippen molar-refractivity contribution in [3.63, 3.8) is 0 Å². The molecule has 0 aromatic heterocycles. The molecular weight excluding hydrogens is 419 g/mol. The van der Waals surface area contributed by atoms with E-state index in [0.29, 0.717) is 18.3 Å². The number of rotatable bonds is 8. The van der Waals surface area contributed by atoms with E-state index in [-0.39, 0.29) is 24.0 Å². The van der Waals surface area contributed by atoms with E-state index < -0.39 is 0 Å². The number of phenols is 1. The summed E-state index contributed by atoms with van der Waals surface area (Å²) in [6, 6.07) is 7.30. The van der Waals surface area contributed by atoms with Gasteiger partial charge in [0.15, 0.2) is 5.96 Å². The van der Waals surface area contributed by atoms with Gasteiger partial charge in [-0.2, -0.15) is 0 Å². The van der Waals surface area contributed by atoms with Crippen molar-refractivity contribution in [1.29, 1.82) is 0 Å². The maximum atomic E-state index is 9.23. The van der Waals surface area contributed by atoms with Crippen LogP contribution in [0.25, 0.3) is 0 Å². The number of benzene rings is 1. The smallest absolute Gasteiger partial charge is 0.188 e. The van der Waals surface area contributed by atoms with Gasteiger partial charge in [0.05, 0.1) is 13.2 Å². The normalized spacial score (nSPS) is 15.8. The first kappa shape index (κ1) is 21.0. The molecule has 0 bridgehead atoms. The van der Waals surface area contributed by atoms with Gasteiger partial charge in [0, 0.05) is 26.2 Å². The van der Waals surface area contributed by atoms with Crippen LogP contribution in [-0.2, 0) is 11.2 Å². The maximum Gasteiger partial charge on any atom is 0.188 e. The van der Waals surface area contributed by atoms with Crippen molar-refractivity contribution in [2.75, 3.05) is 45.9 Å². The van der Waals surface area contributed by atoms with Crippen LogP contribution in [0.5, 0.6) is 5.75 Å². The Morgan fingerprint density at radius 2 is 1.92 bits per heavy atom. The fourth-order valence-corrected chi connectivity index (χ4v) is 2.55. The van der Waals surface area contributed by atoms with E-state index in [1.54, 1.807) is 12.1 Å². The molecule has 0 saturated carbocycles. The molecule has 136 valence electrons. The first-order valence-corrected chi connectivity index (χ1v) is 8.36. The molecule has 1 aliphatic heterocycles. The lowest BCUT2D eigenvalue weighted by atomic mass is 10.1. The number of phenolic OH excluding ortho intramolecular Hbond substituents is 1. The van der Waals surface area contributed by atoms with Crippen molar-refractivity contribution in [1.82, 2.24) is 10.2 Å². The zero-order valence-electron chi connectivity index (χ0n) is 14.1. The lowest BCUT2D eigenvalue weighted by Gasteiger charge is -2.26. The van der Waals surface area contributed by atoms with Crippen LogP contribution in [0.15, 0.2) is 29.3 Å². The zero-order valence-corrected chi connectivity index (χ0v) is 16.4. The summed E-state index contributed by atoms with van der Waals surface area (Å²) in [5, 5.41) is 12.4. The highest BCUT2D eigenvalue weighted by Gasteiger charge is 2.08. The van der Waals surface area contributed by atoms with E-state index in [4.69, 9.17) is 10.5 Å². The third kappa shape index (κ3) is 8.70. The number of aliphatic imine (C=N–C) groups is 1. The monoisotopic (exact) mass is 448 g/mol. The fraction of sp³-hybridized carbons (Fsp3) is 0.588. The minimum absolute atomic E-state index is 0. The summed E-state index contributed by atoms with van der Waals surface area (Å²) >= 11 is 0. The van der Waals surface area contributed by atoms with Crippen LogP contribution in [0.1, 0.15) is 18.4 Å². The van der Waals surface area contributed by atoms with Gasteiger partial charge in [-0.1, -0.05) is 12.1 Å². The average molecular weight is 448 g/mol. The van der Waals surface area contributed by atoms with E-state index in [1.807, 2.05) is 12.1 Å². The molecule has 7 heteroatoms. The summed E-state index contributed by atoms with van der Waals surface area (Å²) in [6.45, 7) is 6.39. The third-order valence-corrected chi connectivity index (χ3v) is 3.90. The van der Waals surface area contributed by atoms with E-state index in [2.05, 4.69) is 15.2 Å². The summed E-state index contributed by atoms with van der Waals surface area (Å²) in [4.78, 5) is 6.75. The SMILES string of the molecule is I.NC(=NCCCc1ccc(O)cc1)NCCCN1CCOCC1. The molecule has 0 spiro atoms. The van der Waals surface area contributed by atoms with Gasteiger partial charge in [0.2, 0.25) is 0 Å². The molecule has 6 nitrogen and oxygen atoms in total. The summed E-state index contributed by atoms with van der Waals surface area (Å²) in [5.74, 6) is 0.829. The molecule has 1 heterocycles. The number of hydrogen-bond donors (Lipinski definition) is 3. The van der Waals surface area contributed by atoms with E-state index in [9.17, 15) is 5.11 Å². The summed E-state index contributed by atoms with van der Waals surface area (Å²) < 4.78 is 5.33. The molecule has 1 fully saturated rings. The number of nitrogens with one attached hydrogen (secondary N) is 1. The number of nitrogens with two attached hydrogens (primary N) is 1. The Balaban J connectivity index is 0.00000288. The van der Waals surface area contributed by atoms with Crippen molar-refractivity contribution >= 4 is 29.9 Å². The highest BCUT2D eigenvalue weighted by molar-refractivity contribution is 14.0. The highest BCUT2D eigenvalue weighted by atomic mass is 127. The van der Waals surface area contributed by atoms with Crippen molar-refractivity contribution in [3.8, 4) is 5.75 Å². The molecule has 24 heavy (non-hydrogen) atoms. The second kappa shape index (κ2) is 12.3. The largest absolute Gasteiger partial charge is 0.508 e. The Hall–Kier alpha value is -1.06. The molecule has 1 aromatic carbocycles. The van der Waals surface area contributed by atoms with Gasteiger partial charge >= 0.3 is 0 Å². The molecule has 1 aromatic rings. The van der Waals surface area contributed by atoms with Gasteiger partial charge in [0.25, 0.3) is 0 Å². The second-order valence-corrected chi connectivity index (χ2v) is 5.77. The summed E-state index contributed by atoms with van der Waals surface area (Å²) in [5.41, 5.74) is 7.07. The van der Waals surface area contributed by atoms with Gasteiger partial charge in [-0.25, -0.2) is 0 Å². The van der Waals surface area contributed by atoms with Crippen molar-refractivity contribution in [2.24, 2.45) is 10.7 Å². The third-order valence-electron chi connectivity index (χ3n) is 3.90. The van der Waals surface area contributed by atoms with E-state index in [0.717, 1.165) is 58.7 Å². The van der Waals surface area contributed by atoms with Crippen molar-refractivity contribution < 1.29 is 9.84 Å². The lowest BCUT2D eigenvalue weighted by Crippen LogP contribution is -2.39. The number of aromatic hydroxyl groups is 1. The first-order chi connectivity index (χ1) is 11.2. The van der Waals surface area contributed by atoms with Crippen molar-refractivity contribution in [3.05, 3.63) is 29.8 Å². The molecule has 2 rings (SSSR count). The van der Waals surface area contributed by atoms with Crippen LogP contribution < -0.4 is 11.1 Å². The Bertz CT molecular complexity index is 476. The first-order valence-electron chi connectivity index (χ1n) is 8.36. The molecule has 0 aliphatic carbocycles. The van der Waals surface area contributed by atoms with Gasteiger partial charge in [-0.15, -0.1) is 24.0 Å². The summed E-state index contributed by atoms with van der Waals surface area (Å²) in [6.07, 6.45) is 2.94. The number of nitrogens with zero attached hydrogens (tertiary/aromatic N) is 2. The number of morpholine rings is 1. The van der Waals surface area contributed by atoms with Crippen LogP contribution in [0.3, 0.4) is 0 Å². The minimum atomic E-state index is 0. The molecular formula is C17H29IN4O2. The van der Waals surface area contributed by atoms with Crippen LogP contribution in [-0.4, -0.2) is 61.9 Å². The van der Waals surface area contributed by atoms with E-state index >= 15 is 0 Å². The van der Waals surface area contributed by atoms with Crippen LogP contribution in [0, 0.1) is 0 Å². The molecule has 1 saturated heterocycles. The number of halogens is 1. The maximum absolute atomic E-state index is 9.23. The van der Waals surface area contributed by atoms with Crippen LogP contribution in [0.2, 0.25) is 0 Å². The molecule has 0 unspecified atom stereocenters. The highest BCUT2D eigenvalue weighted by Crippen LogP contribution is 2.10. The fourth-order valence-electron chi connectivity index (χ4n) is 2.55. The molecule has 0 atom stereocenters. The average Bonchev–Trinajstić information content (AvgIpc) is 2.58. The topological polar surface area (TPSA) is 83.1 Å². The van der Waals surface area contributed by atoms with Gasteiger partial charge in [-0.3, -0.25) is 9.89 Å². The van der Waals surface area contributed by atoms with Gasteiger partial charge < -0.3 is 20.9 Å². The van der Waals surface area contributed by atoms with Gasteiger partial charge in [-0.05, 0) is 43.5 Å². The predicted molar refractivity (Wildman–Crippen MR) is 108 cm³/mol. The molecule has 1 aliphatic rings. The van der Waals surface area contributed by atoms with E-state index in [1.165, 1.54) is 5.56 Å². The number of ether oxygens (including phenoxy) is 1. The lowest BCUT2D eigenvalue weighted by molar-refractivity contribution is 0.0376.